The molecule has 0 saturated heterocycles. The van der Waals surface area contributed by atoms with Crippen molar-refractivity contribution in [1.82, 2.24) is 5.32 Å². The molecule has 1 unspecified atom stereocenters. The summed E-state index contributed by atoms with van der Waals surface area (Å²) >= 11 is 0. The van der Waals surface area contributed by atoms with Crippen LogP contribution in [-0.2, 0) is 5.60 Å². The highest BCUT2D eigenvalue weighted by molar-refractivity contribution is 5.24. The first-order valence-electron chi connectivity index (χ1n) is 6.94. The molecule has 0 fully saturated rings. The summed E-state index contributed by atoms with van der Waals surface area (Å²) in [5, 5.41) is 14.3. The Balaban J connectivity index is 2.81. The van der Waals surface area contributed by atoms with Crippen molar-refractivity contribution in [2.75, 3.05) is 6.54 Å². The van der Waals surface area contributed by atoms with Gasteiger partial charge in [0.25, 0.3) is 0 Å². The van der Waals surface area contributed by atoms with Gasteiger partial charge < -0.3 is 10.4 Å². The lowest BCUT2D eigenvalue weighted by Gasteiger charge is -2.31. The van der Waals surface area contributed by atoms with Gasteiger partial charge in [-0.25, -0.2) is 0 Å². The van der Waals surface area contributed by atoms with Crippen LogP contribution in [0.1, 0.15) is 39.2 Å². The normalized spacial score (nSPS) is 14.3. The fourth-order valence-corrected chi connectivity index (χ4v) is 2.22. The molecule has 1 rings (SSSR count). The van der Waals surface area contributed by atoms with Crippen molar-refractivity contribution in [2.24, 2.45) is 0 Å². The Morgan fingerprint density at radius 3 is 2.45 bits per heavy atom. The molecule has 0 aliphatic rings. The zero-order valence-electron chi connectivity index (χ0n) is 12.7. The van der Waals surface area contributed by atoms with E-state index in [1.165, 1.54) is 0 Å². The van der Waals surface area contributed by atoms with E-state index < -0.39 is 5.60 Å². The summed E-state index contributed by atoms with van der Waals surface area (Å²) < 4.78 is 0. The molecule has 2 nitrogen and oxygen atoms in total. The standard InChI is InChI=1S/C18H25NO/c1-6-17(4,5)19-13-12-18(20,14-15(2)3)16-10-8-7-9-11-16/h1,7-11,19-20H,2,12-14H2,3-5H3. The first kappa shape index (κ1) is 16.5. The number of aliphatic hydroxyl groups is 1. The van der Waals surface area contributed by atoms with Crippen molar-refractivity contribution in [3.63, 3.8) is 0 Å². The minimum absolute atomic E-state index is 0.360. The van der Waals surface area contributed by atoms with Gasteiger partial charge in [-0.05, 0) is 39.3 Å². The fraction of sp³-hybridized carbons (Fsp3) is 0.444. The van der Waals surface area contributed by atoms with Crippen molar-refractivity contribution in [1.29, 1.82) is 0 Å². The van der Waals surface area contributed by atoms with Crippen molar-refractivity contribution < 1.29 is 5.11 Å². The lowest BCUT2D eigenvalue weighted by molar-refractivity contribution is 0.0272. The summed E-state index contributed by atoms with van der Waals surface area (Å²) in [5.74, 6) is 2.70. The molecule has 0 radical (unpaired) electrons. The largest absolute Gasteiger partial charge is 0.385 e. The van der Waals surface area contributed by atoms with Crippen molar-refractivity contribution >= 4 is 0 Å². The van der Waals surface area contributed by atoms with Crippen LogP contribution in [0.25, 0.3) is 0 Å². The maximum atomic E-state index is 11.0. The molecular formula is C18H25NO. The number of hydrogen-bond acceptors (Lipinski definition) is 2. The minimum atomic E-state index is -0.898. The van der Waals surface area contributed by atoms with E-state index >= 15 is 0 Å². The number of nitrogens with one attached hydrogen (secondary N) is 1. The van der Waals surface area contributed by atoms with E-state index in [0.29, 0.717) is 19.4 Å². The highest BCUT2D eigenvalue weighted by atomic mass is 16.3. The molecular weight excluding hydrogens is 246 g/mol. The molecule has 0 amide bonds. The average Bonchev–Trinajstić information content (AvgIpc) is 2.38. The van der Waals surface area contributed by atoms with E-state index in [0.717, 1.165) is 11.1 Å². The topological polar surface area (TPSA) is 32.3 Å². The van der Waals surface area contributed by atoms with Crippen LogP contribution in [0.15, 0.2) is 42.5 Å². The first-order chi connectivity index (χ1) is 9.29. The van der Waals surface area contributed by atoms with Crippen LogP contribution < -0.4 is 5.32 Å². The van der Waals surface area contributed by atoms with Gasteiger partial charge >= 0.3 is 0 Å². The Morgan fingerprint density at radius 1 is 1.35 bits per heavy atom. The Labute approximate surface area is 122 Å². The molecule has 2 N–H and O–H groups in total. The maximum absolute atomic E-state index is 11.0. The molecule has 0 bridgehead atoms. The third-order valence-corrected chi connectivity index (χ3v) is 3.37. The van der Waals surface area contributed by atoms with Gasteiger partial charge in [-0.3, -0.25) is 0 Å². The summed E-state index contributed by atoms with van der Waals surface area (Å²) in [6.45, 7) is 10.4. The lowest BCUT2D eigenvalue weighted by Crippen LogP contribution is -2.41. The zero-order valence-corrected chi connectivity index (χ0v) is 12.7. The number of hydrogen-bond donors (Lipinski definition) is 2. The predicted octanol–water partition coefficient (Wildman–Crippen LogP) is 3.23. The molecule has 1 aromatic rings. The predicted molar refractivity (Wildman–Crippen MR) is 85.3 cm³/mol. The molecule has 0 saturated carbocycles. The minimum Gasteiger partial charge on any atom is -0.385 e. The summed E-state index contributed by atoms with van der Waals surface area (Å²) in [6.07, 6.45) is 6.60. The highest BCUT2D eigenvalue weighted by Gasteiger charge is 2.29. The zero-order chi connectivity index (χ0) is 15.2. The van der Waals surface area contributed by atoms with Crippen LogP contribution >= 0.6 is 0 Å². The monoisotopic (exact) mass is 271 g/mol. The van der Waals surface area contributed by atoms with Gasteiger partial charge in [0.1, 0.15) is 0 Å². The van der Waals surface area contributed by atoms with Gasteiger partial charge in [-0.1, -0.05) is 41.8 Å². The van der Waals surface area contributed by atoms with E-state index in [4.69, 9.17) is 6.42 Å². The lowest BCUT2D eigenvalue weighted by atomic mass is 9.85. The SMILES string of the molecule is C#CC(C)(C)NCCC(O)(CC(=C)C)c1ccccc1. The number of terminal acetylenes is 1. The summed E-state index contributed by atoms with van der Waals surface area (Å²) in [5.41, 5.74) is 0.627. The molecule has 1 atom stereocenters. The fourth-order valence-electron chi connectivity index (χ4n) is 2.22. The number of rotatable bonds is 7. The van der Waals surface area contributed by atoms with Crippen molar-refractivity contribution in [2.45, 2.75) is 44.8 Å². The molecule has 0 aliphatic carbocycles. The van der Waals surface area contributed by atoms with Gasteiger partial charge in [0, 0.05) is 6.42 Å². The number of benzene rings is 1. The van der Waals surface area contributed by atoms with Gasteiger partial charge in [0.15, 0.2) is 0 Å². The van der Waals surface area contributed by atoms with Crippen LogP contribution in [-0.4, -0.2) is 17.2 Å². The molecule has 20 heavy (non-hydrogen) atoms. The molecule has 0 heterocycles. The van der Waals surface area contributed by atoms with E-state index in [-0.39, 0.29) is 5.54 Å². The van der Waals surface area contributed by atoms with Crippen LogP contribution in [0.2, 0.25) is 0 Å². The van der Waals surface area contributed by atoms with E-state index in [1.807, 2.05) is 51.1 Å². The Bertz CT molecular complexity index is 484. The summed E-state index contributed by atoms with van der Waals surface area (Å²) in [6, 6.07) is 9.74. The molecule has 2 heteroatoms. The highest BCUT2D eigenvalue weighted by Crippen LogP contribution is 2.31. The van der Waals surface area contributed by atoms with Gasteiger partial charge in [0.2, 0.25) is 0 Å². The van der Waals surface area contributed by atoms with Crippen molar-refractivity contribution in [3.05, 3.63) is 48.0 Å². The van der Waals surface area contributed by atoms with Crippen molar-refractivity contribution in [3.8, 4) is 12.3 Å². The Hall–Kier alpha value is -1.56. The second-order valence-electron chi connectivity index (χ2n) is 5.98. The van der Waals surface area contributed by atoms with Crippen LogP contribution in [0, 0.1) is 12.3 Å². The Morgan fingerprint density at radius 2 is 1.95 bits per heavy atom. The second kappa shape index (κ2) is 6.74. The summed E-state index contributed by atoms with van der Waals surface area (Å²) in [7, 11) is 0. The van der Waals surface area contributed by atoms with E-state index in [1.54, 1.807) is 0 Å². The van der Waals surface area contributed by atoms with E-state index in [2.05, 4.69) is 17.8 Å². The summed E-state index contributed by atoms with van der Waals surface area (Å²) in [4.78, 5) is 0. The molecule has 1 aromatic carbocycles. The molecule has 108 valence electrons. The van der Waals surface area contributed by atoms with Crippen LogP contribution in [0.5, 0.6) is 0 Å². The molecule has 0 aromatic heterocycles. The second-order valence-corrected chi connectivity index (χ2v) is 5.98. The quantitative estimate of drug-likeness (QED) is 0.589. The van der Waals surface area contributed by atoms with Gasteiger partial charge in [-0.15, -0.1) is 13.0 Å². The van der Waals surface area contributed by atoms with Crippen LogP contribution in [0.3, 0.4) is 0 Å². The molecule has 0 spiro atoms. The molecule has 0 aliphatic heterocycles. The van der Waals surface area contributed by atoms with Gasteiger partial charge in [-0.2, -0.15) is 0 Å². The Kier molecular flexibility index (Phi) is 5.56. The third-order valence-electron chi connectivity index (χ3n) is 3.37. The first-order valence-corrected chi connectivity index (χ1v) is 6.94. The van der Waals surface area contributed by atoms with Crippen LogP contribution in [0.4, 0.5) is 0 Å². The smallest absolute Gasteiger partial charge is 0.0945 e. The third kappa shape index (κ3) is 4.85. The van der Waals surface area contributed by atoms with Gasteiger partial charge in [0.05, 0.1) is 11.1 Å². The average molecular weight is 271 g/mol. The maximum Gasteiger partial charge on any atom is 0.0945 e. The van der Waals surface area contributed by atoms with E-state index in [9.17, 15) is 5.11 Å².